The summed E-state index contributed by atoms with van der Waals surface area (Å²) in [5.74, 6) is 0. The molecule has 0 heterocycles. The van der Waals surface area contributed by atoms with Gasteiger partial charge in [0, 0.05) is 68.2 Å². The van der Waals surface area contributed by atoms with Gasteiger partial charge in [0.2, 0.25) is 0 Å². The van der Waals surface area contributed by atoms with Crippen LogP contribution < -0.4 is 19.6 Å². The smallest absolute Gasteiger partial charge is 0.0495 e. The van der Waals surface area contributed by atoms with Crippen molar-refractivity contribution < 1.29 is 0 Å². The third-order valence-corrected chi connectivity index (χ3v) is 13.1. The van der Waals surface area contributed by atoms with Gasteiger partial charge < -0.3 is 19.6 Å². The molecule has 0 fully saturated rings. The summed E-state index contributed by atoms with van der Waals surface area (Å²) in [6.45, 7) is 22.2. The third-order valence-electron chi connectivity index (χ3n) is 13.1. The van der Waals surface area contributed by atoms with Crippen molar-refractivity contribution >= 4 is 68.2 Å². The Bertz CT molecular complexity index is 3070. The summed E-state index contributed by atoms with van der Waals surface area (Å²) < 4.78 is 0. The molecular weight excluding hydrogens is 825 g/mol. The van der Waals surface area contributed by atoms with Crippen molar-refractivity contribution in [2.45, 2.75) is 69.2 Å². The van der Waals surface area contributed by atoms with Crippen LogP contribution in [0.1, 0.15) is 55.6 Å². The van der Waals surface area contributed by atoms with Gasteiger partial charge >= 0.3 is 0 Å². The van der Waals surface area contributed by atoms with E-state index in [1.165, 1.54) is 55.6 Å². The lowest BCUT2D eigenvalue weighted by atomic mass is 9.98. The number of para-hydroxylation sites is 2. The van der Waals surface area contributed by atoms with E-state index in [9.17, 15) is 0 Å². The van der Waals surface area contributed by atoms with Gasteiger partial charge in [0.25, 0.3) is 0 Å². The quantitative estimate of drug-likeness (QED) is 0.121. The standard InChI is InChI=1S/C64H62N4/c1-43-21-17-29-55(33-43)65(53-25-13-11-14-26-53)59-37-50(8)62(40-47(59)5)68(63-41-48(6)60(38-51(63)9)66(54-27-15-12-16-28-54)56-30-18-22-44(2)34-56)64-42-49(7)61(39-52(64)10)67(57-31-19-23-45(3)35-57)58-32-20-24-46(4)36-58/h11-42H,1-10H3. The molecule has 0 aliphatic carbocycles. The van der Waals surface area contributed by atoms with Gasteiger partial charge in [-0.25, -0.2) is 0 Å². The first-order valence-electron chi connectivity index (χ1n) is 23.8. The maximum atomic E-state index is 2.52. The minimum atomic E-state index is 1.12. The van der Waals surface area contributed by atoms with Crippen LogP contribution in [0.2, 0.25) is 0 Å². The molecule has 0 bridgehead atoms. The summed E-state index contributed by atoms with van der Waals surface area (Å²) in [6, 6.07) is 71.1. The molecule has 4 heteroatoms. The molecule has 9 aromatic carbocycles. The molecular formula is C64H62N4. The summed E-state index contributed by atoms with van der Waals surface area (Å²) in [6.07, 6.45) is 0. The zero-order valence-electron chi connectivity index (χ0n) is 41.3. The molecule has 0 unspecified atom stereocenters. The van der Waals surface area contributed by atoms with E-state index in [0.29, 0.717) is 0 Å². The Morgan fingerprint density at radius 3 is 0.632 bits per heavy atom. The van der Waals surface area contributed by atoms with Crippen molar-refractivity contribution in [3.8, 4) is 0 Å². The van der Waals surface area contributed by atoms with E-state index in [4.69, 9.17) is 0 Å². The Labute approximate surface area is 405 Å². The highest BCUT2D eigenvalue weighted by atomic mass is 15.2. The monoisotopic (exact) mass is 886 g/mol. The molecule has 0 atom stereocenters. The van der Waals surface area contributed by atoms with Crippen LogP contribution in [-0.2, 0) is 0 Å². The molecule has 0 aliphatic rings. The number of rotatable bonds is 12. The molecule has 0 amide bonds. The predicted molar refractivity (Wildman–Crippen MR) is 293 cm³/mol. The average molecular weight is 887 g/mol. The van der Waals surface area contributed by atoms with E-state index < -0.39 is 0 Å². The van der Waals surface area contributed by atoms with Gasteiger partial charge in [0.15, 0.2) is 0 Å². The summed E-state index contributed by atoms with van der Waals surface area (Å²) in [5.41, 5.74) is 25.6. The molecule has 68 heavy (non-hydrogen) atoms. The van der Waals surface area contributed by atoms with Crippen LogP contribution in [0.15, 0.2) is 194 Å². The summed E-state index contributed by atoms with van der Waals surface area (Å²) in [7, 11) is 0. The Hall–Kier alpha value is -7.82. The highest BCUT2D eigenvalue weighted by Gasteiger charge is 2.26. The second-order valence-corrected chi connectivity index (χ2v) is 18.6. The maximum Gasteiger partial charge on any atom is 0.0495 e. The van der Waals surface area contributed by atoms with Crippen molar-refractivity contribution in [3.05, 3.63) is 250 Å². The number of nitrogens with zero attached hydrogens (tertiary/aromatic N) is 4. The van der Waals surface area contributed by atoms with Crippen LogP contribution in [0.3, 0.4) is 0 Å². The van der Waals surface area contributed by atoms with Gasteiger partial charge in [-0.2, -0.15) is 0 Å². The normalized spacial score (nSPS) is 11.1. The van der Waals surface area contributed by atoms with E-state index in [1.54, 1.807) is 0 Å². The molecule has 9 aromatic rings. The van der Waals surface area contributed by atoms with Crippen LogP contribution in [0.5, 0.6) is 0 Å². The zero-order valence-corrected chi connectivity index (χ0v) is 41.3. The van der Waals surface area contributed by atoms with Gasteiger partial charge in [0.05, 0.1) is 0 Å². The average Bonchev–Trinajstić information content (AvgIpc) is 3.32. The summed E-state index contributed by atoms with van der Waals surface area (Å²) in [4.78, 5) is 9.73. The highest BCUT2D eigenvalue weighted by molar-refractivity contribution is 5.90. The molecule has 9 rings (SSSR count). The highest BCUT2D eigenvalue weighted by Crippen LogP contribution is 2.49. The lowest BCUT2D eigenvalue weighted by molar-refractivity contribution is 1.15. The van der Waals surface area contributed by atoms with Gasteiger partial charge in [0.1, 0.15) is 0 Å². The first-order valence-corrected chi connectivity index (χ1v) is 23.8. The molecule has 0 spiro atoms. The number of hydrogen-bond acceptors (Lipinski definition) is 4. The second-order valence-electron chi connectivity index (χ2n) is 18.6. The molecule has 0 N–H and O–H groups in total. The Kier molecular flexibility index (Phi) is 12.8. The minimum Gasteiger partial charge on any atom is -0.310 e. The fourth-order valence-electron chi connectivity index (χ4n) is 9.70. The van der Waals surface area contributed by atoms with Gasteiger partial charge in [-0.1, -0.05) is 84.9 Å². The third kappa shape index (κ3) is 9.15. The first kappa shape index (κ1) is 45.3. The van der Waals surface area contributed by atoms with Crippen LogP contribution in [0, 0.1) is 69.2 Å². The molecule has 4 nitrogen and oxygen atoms in total. The Morgan fingerprint density at radius 2 is 0.397 bits per heavy atom. The second kappa shape index (κ2) is 19.2. The molecule has 0 saturated heterocycles. The number of anilines is 12. The fourth-order valence-corrected chi connectivity index (χ4v) is 9.70. The maximum absolute atomic E-state index is 2.52. The van der Waals surface area contributed by atoms with Crippen molar-refractivity contribution in [1.82, 2.24) is 0 Å². The summed E-state index contributed by atoms with van der Waals surface area (Å²) in [5, 5.41) is 0. The van der Waals surface area contributed by atoms with Crippen LogP contribution in [0.4, 0.5) is 68.2 Å². The predicted octanol–water partition coefficient (Wildman–Crippen LogP) is 18.6. The van der Waals surface area contributed by atoms with Crippen LogP contribution in [0.25, 0.3) is 0 Å². The van der Waals surface area contributed by atoms with Crippen LogP contribution >= 0.6 is 0 Å². The summed E-state index contributed by atoms with van der Waals surface area (Å²) >= 11 is 0. The molecule has 0 aliphatic heterocycles. The van der Waals surface area contributed by atoms with E-state index in [-0.39, 0.29) is 0 Å². The van der Waals surface area contributed by atoms with Crippen LogP contribution in [-0.4, -0.2) is 0 Å². The SMILES string of the molecule is Cc1cccc(N(c2ccccc2)c2cc(C)c(N(c3cc(C)c(N(c4ccccc4)c4cccc(C)c4)cc3C)c3cc(C)c(N(c4cccc(C)c4)c4cccc(C)c4)cc3C)cc2C)c1. The van der Waals surface area contributed by atoms with Crippen molar-refractivity contribution in [3.63, 3.8) is 0 Å². The Morgan fingerprint density at radius 1 is 0.191 bits per heavy atom. The number of hydrogen-bond donors (Lipinski definition) is 0. The lowest BCUT2D eigenvalue weighted by Crippen LogP contribution is -2.18. The topological polar surface area (TPSA) is 13.0 Å². The molecule has 0 aromatic heterocycles. The van der Waals surface area contributed by atoms with Crippen molar-refractivity contribution in [2.24, 2.45) is 0 Å². The van der Waals surface area contributed by atoms with E-state index >= 15 is 0 Å². The van der Waals surface area contributed by atoms with E-state index in [1.807, 2.05) is 0 Å². The molecule has 338 valence electrons. The number of benzene rings is 9. The first-order chi connectivity index (χ1) is 32.8. The van der Waals surface area contributed by atoms with Crippen molar-refractivity contribution in [1.29, 1.82) is 0 Å². The van der Waals surface area contributed by atoms with Gasteiger partial charge in [-0.3, -0.25) is 0 Å². The molecule has 0 radical (unpaired) electrons. The largest absolute Gasteiger partial charge is 0.310 e. The van der Waals surface area contributed by atoms with Gasteiger partial charge in [-0.05, 0) is 234 Å². The van der Waals surface area contributed by atoms with E-state index in [0.717, 1.165) is 68.2 Å². The Balaban J connectivity index is 1.26. The lowest BCUT2D eigenvalue weighted by Gasteiger charge is -2.35. The fraction of sp³-hybridized carbons (Fsp3) is 0.156. The van der Waals surface area contributed by atoms with Gasteiger partial charge in [-0.15, -0.1) is 0 Å². The minimum absolute atomic E-state index is 1.12. The van der Waals surface area contributed by atoms with Crippen molar-refractivity contribution in [2.75, 3.05) is 19.6 Å². The van der Waals surface area contributed by atoms with E-state index in [2.05, 4.69) is 283 Å². The number of aryl methyl sites for hydroxylation is 10. The zero-order chi connectivity index (χ0) is 47.6. The molecule has 0 saturated carbocycles.